The first-order valence-electron chi connectivity index (χ1n) is 5.52. The molecule has 1 heterocycles. The van der Waals surface area contributed by atoms with E-state index in [1.807, 2.05) is 0 Å². The van der Waals surface area contributed by atoms with Crippen LogP contribution in [0.4, 0.5) is 0 Å². The molecule has 0 bridgehead atoms. The molecule has 2 rings (SSSR count). The van der Waals surface area contributed by atoms with Crippen molar-refractivity contribution in [3.05, 3.63) is 0 Å². The molecule has 0 spiro atoms. The van der Waals surface area contributed by atoms with E-state index in [9.17, 15) is 0 Å². The maximum Gasteiger partial charge on any atom is 0.0758 e. The molecular weight excluding hydrogens is 162 g/mol. The van der Waals surface area contributed by atoms with Gasteiger partial charge >= 0.3 is 0 Å². The van der Waals surface area contributed by atoms with Crippen LogP contribution in [0.1, 0.15) is 26.7 Å². The third-order valence-corrected chi connectivity index (χ3v) is 3.70. The van der Waals surface area contributed by atoms with Gasteiger partial charge in [-0.3, -0.25) is 0 Å². The van der Waals surface area contributed by atoms with Crippen LogP contribution in [0.5, 0.6) is 0 Å². The second kappa shape index (κ2) is 3.58. The molecule has 0 radical (unpaired) electrons. The van der Waals surface area contributed by atoms with E-state index in [-0.39, 0.29) is 0 Å². The molecule has 2 nitrogen and oxygen atoms in total. The van der Waals surface area contributed by atoms with Gasteiger partial charge in [0.2, 0.25) is 0 Å². The first-order chi connectivity index (χ1) is 6.20. The molecule has 1 saturated carbocycles. The third kappa shape index (κ3) is 1.62. The zero-order valence-corrected chi connectivity index (χ0v) is 8.99. The molecular formula is C11H21NO. The number of ether oxygens (including phenoxy) is 1. The quantitative estimate of drug-likeness (QED) is 0.567. The Balaban J connectivity index is 2.14. The largest absolute Gasteiger partial charge is 0.376 e. The summed E-state index contributed by atoms with van der Waals surface area (Å²) in [6, 6.07) is 0.678. The smallest absolute Gasteiger partial charge is 0.0758 e. The average molecular weight is 183 g/mol. The van der Waals surface area contributed by atoms with Crippen molar-refractivity contribution in [2.24, 2.45) is 11.8 Å². The molecule has 4 unspecified atom stereocenters. The van der Waals surface area contributed by atoms with Crippen molar-refractivity contribution in [2.45, 2.75) is 38.8 Å². The molecule has 2 aliphatic rings. The second-order valence-electron chi connectivity index (χ2n) is 4.85. The lowest BCUT2D eigenvalue weighted by atomic mass is 10.0. The lowest BCUT2D eigenvalue weighted by Crippen LogP contribution is -2.41. The molecule has 0 N–H and O–H groups in total. The van der Waals surface area contributed by atoms with Crippen molar-refractivity contribution in [2.75, 3.05) is 20.2 Å². The minimum atomic E-state index is 0.502. The first kappa shape index (κ1) is 9.47. The Morgan fingerprint density at radius 1 is 1.23 bits per heavy atom. The Labute approximate surface area is 81.3 Å². The standard InChI is InChI=1S/C11H21NO/c1-8-7-9(2)11-10(8)12(3)5-4-6-13-11/h8-11H,4-7H2,1-3H3. The molecule has 2 fully saturated rings. The summed E-state index contributed by atoms with van der Waals surface area (Å²) in [6.45, 7) is 6.87. The van der Waals surface area contributed by atoms with Gasteiger partial charge in [0.1, 0.15) is 0 Å². The number of hydrogen-bond donors (Lipinski definition) is 0. The molecule has 1 aliphatic heterocycles. The highest BCUT2D eigenvalue weighted by Gasteiger charge is 2.42. The van der Waals surface area contributed by atoms with E-state index < -0.39 is 0 Å². The molecule has 1 saturated heterocycles. The highest BCUT2D eigenvalue weighted by Crippen LogP contribution is 2.37. The molecule has 0 aromatic heterocycles. The van der Waals surface area contributed by atoms with Gasteiger partial charge in [-0.15, -0.1) is 0 Å². The fourth-order valence-electron chi connectivity index (χ4n) is 3.15. The highest BCUT2D eigenvalue weighted by molar-refractivity contribution is 4.95. The number of likely N-dealkylation sites (N-methyl/N-ethyl adjacent to an activating group) is 1. The van der Waals surface area contributed by atoms with Crippen LogP contribution in [0.3, 0.4) is 0 Å². The van der Waals surface area contributed by atoms with Crippen molar-refractivity contribution >= 4 is 0 Å². The summed E-state index contributed by atoms with van der Waals surface area (Å²) < 4.78 is 5.94. The summed E-state index contributed by atoms with van der Waals surface area (Å²) in [4.78, 5) is 2.51. The van der Waals surface area contributed by atoms with E-state index in [0.29, 0.717) is 12.1 Å². The summed E-state index contributed by atoms with van der Waals surface area (Å²) in [6.07, 6.45) is 3.03. The molecule has 13 heavy (non-hydrogen) atoms. The zero-order valence-electron chi connectivity index (χ0n) is 8.99. The van der Waals surface area contributed by atoms with Crippen LogP contribution < -0.4 is 0 Å². The van der Waals surface area contributed by atoms with E-state index in [2.05, 4.69) is 25.8 Å². The first-order valence-corrected chi connectivity index (χ1v) is 5.52. The number of fused-ring (bicyclic) bond motifs is 1. The van der Waals surface area contributed by atoms with Gasteiger partial charge in [-0.1, -0.05) is 13.8 Å². The van der Waals surface area contributed by atoms with Gasteiger partial charge in [0, 0.05) is 19.2 Å². The van der Waals surface area contributed by atoms with E-state index in [1.54, 1.807) is 0 Å². The number of nitrogens with zero attached hydrogens (tertiary/aromatic N) is 1. The lowest BCUT2D eigenvalue weighted by molar-refractivity contribution is 0.00978. The lowest BCUT2D eigenvalue weighted by Gasteiger charge is -2.29. The van der Waals surface area contributed by atoms with Gasteiger partial charge in [0.05, 0.1) is 6.10 Å². The summed E-state index contributed by atoms with van der Waals surface area (Å²) >= 11 is 0. The van der Waals surface area contributed by atoms with Gasteiger partial charge < -0.3 is 9.64 Å². The Hall–Kier alpha value is -0.0800. The number of hydrogen-bond acceptors (Lipinski definition) is 2. The summed E-state index contributed by atoms with van der Waals surface area (Å²) in [7, 11) is 2.25. The van der Waals surface area contributed by atoms with E-state index in [4.69, 9.17) is 4.74 Å². The van der Waals surface area contributed by atoms with Gasteiger partial charge in [0.15, 0.2) is 0 Å². The second-order valence-corrected chi connectivity index (χ2v) is 4.85. The topological polar surface area (TPSA) is 12.5 Å². The summed E-state index contributed by atoms with van der Waals surface area (Å²) in [5.74, 6) is 1.56. The van der Waals surface area contributed by atoms with E-state index >= 15 is 0 Å². The van der Waals surface area contributed by atoms with Crippen molar-refractivity contribution in [3.63, 3.8) is 0 Å². The predicted molar refractivity (Wildman–Crippen MR) is 53.7 cm³/mol. The van der Waals surface area contributed by atoms with Gasteiger partial charge in [0.25, 0.3) is 0 Å². The molecule has 0 aromatic carbocycles. The monoisotopic (exact) mass is 183 g/mol. The molecule has 2 heteroatoms. The Kier molecular flexibility index (Phi) is 2.61. The molecule has 0 aromatic rings. The third-order valence-electron chi connectivity index (χ3n) is 3.70. The van der Waals surface area contributed by atoms with E-state index in [1.165, 1.54) is 19.4 Å². The van der Waals surface area contributed by atoms with Crippen LogP contribution in [0, 0.1) is 11.8 Å². The van der Waals surface area contributed by atoms with Gasteiger partial charge in [-0.25, -0.2) is 0 Å². The van der Waals surface area contributed by atoms with Gasteiger partial charge in [-0.2, -0.15) is 0 Å². The molecule has 76 valence electrons. The number of rotatable bonds is 0. The fourth-order valence-corrected chi connectivity index (χ4v) is 3.15. The fraction of sp³-hybridized carbons (Fsp3) is 1.00. The van der Waals surface area contributed by atoms with Crippen molar-refractivity contribution < 1.29 is 4.74 Å². The zero-order chi connectivity index (χ0) is 9.42. The van der Waals surface area contributed by atoms with Crippen LogP contribution in [-0.4, -0.2) is 37.2 Å². The van der Waals surface area contributed by atoms with E-state index in [0.717, 1.165) is 18.4 Å². The Morgan fingerprint density at radius 3 is 2.77 bits per heavy atom. The SMILES string of the molecule is CC1CC(C)C2C1OCCCN2C. The predicted octanol–water partition coefficient (Wildman–Crippen LogP) is 1.75. The molecule has 1 aliphatic carbocycles. The minimum absolute atomic E-state index is 0.502. The van der Waals surface area contributed by atoms with Crippen molar-refractivity contribution in [1.82, 2.24) is 4.90 Å². The normalized spacial score (nSPS) is 47.3. The maximum absolute atomic E-state index is 5.94. The molecule has 0 amide bonds. The van der Waals surface area contributed by atoms with Crippen molar-refractivity contribution in [3.8, 4) is 0 Å². The maximum atomic E-state index is 5.94. The summed E-state index contributed by atoms with van der Waals surface area (Å²) in [5.41, 5.74) is 0. The Morgan fingerprint density at radius 2 is 2.00 bits per heavy atom. The molecule has 4 atom stereocenters. The van der Waals surface area contributed by atoms with Crippen LogP contribution in [-0.2, 0) is 4.74 Å². The minimum Gasteiger partial charge on any atom is -0.376 e. The van der Waals surface area contributed by atoms with Crippen molar-refractivity contribution in [1.29, 1.82) is 0 Å². The van der Waals surface area contributed by atoms with Crippen LogP contribution in [0.2, 0.25) is 0 Å². The Bertz CT molecular complexity index is 183. The highest BCUT2D eigenvalue weighted by atomic mass is 16.5. The van der Waals surface area contributed by atoms with Gasteiger partial charge in [-0.05, 0) is 31.7 Å². The van der Waals surface area contributed by atoms with Crippen LogP contribution >= 0.6 is 0 Å². The van der Waals surface area contributed by atoms with Crippen LogP contribution in [0.15, 0.2) is 0 Å². The average Bonchev–Trinajstić information content (AvgIpc) is 2.28. The summed E-state index contributed by atoms with van der Waals surface area (Å²) in [5, 5.41) is 0. The van der Waals surface area contributed by atoms with Crippen LogP contribution in [0.25, 0.3) is 0 Å².